The van der Waals surface area contributed by atoms with Crippen LogP contribution in [-0.2, 0) is 48.7 Å². The van der Waals surface area contributed by atoms with Crippen LogP contribution >= 0.6 is 0 Å². The molecule has 0 aromatic heterocycles. The molecule has 2 aliphatic rings. The summed E-state index contributed by atoms with van der Waals surface area (Å²) in [4.78, 5) is 13.1. The second kappa shape index (κ2) is 17.2. The summed E-state index contributed by atoms with van der Waals surface area (Å²) in [5, 5.41) is 2.83. The van der Waals surface area contributed by atoms with Gasteiger partial charge in [-0.05, 0) is 90.9 Å². The molecule has 5 aromatic carbocycles. The van der Waals surface area contributed by atoms with Gasteiger partial charge in [-0.3, -0.25) is 4.79 Å². The van der Waals surface area contributed by atoms with Crippen molar-refractivity contribution in [3.63, 3.8) is 0 Å². The standard InChI is InChI=1S/C25H25NO5S.C16H17NO3S/c27-25(18-30-17-19-7-3-1-4-8-19)26-16-21-13-11-20-12-14-23(15-24(20)31-21)32(28,29)22-9-5-2-6-10-22;17-11-13-8-6-12-7-9-15(10-16(12)20-13)21(18,19)14-4-2-1-3-5-14/h1-10,12,14-15,21H,11,13,16-18H2,(H,26,27);1-5,7,9-10,13H,6,8,11,17H2/t;13-/m.1/s1. The number of carbonyl (C=O) groups is 1. The molecule has 1 unspecified atom stereocenters. The van der Waals surface area contributed by atoms with Crippen LogP contribution in [0, 0.1) is 0 Å². The first-order valence-corrected chi connectivity index (χ1v) is 20.4. The van der Waals surface area contributed by atoms with Crippen molar-refractivity contribution in [3.8, 4) is 11.5 Å². The van der Waals surface area contributed by atoms with E-state index in [0.717, 1.165) is 42.4 Å². The number of fused-ring (bicyclic) bond motifs is 2. The van der Waals surface area contributed by atoms with Crippen molar-refractivity contribution in [2.45, 2.75) is 64.1 Å². The molecule has 276 valence electrons. The van der Waals surface area contributed by atoms with E-state index in [2.05, 4.69) is 5.32 Å². The molecule has 2 heterocycles. The molecule has 0 saturated heterocycles. The van der Waals surface area contributed by atoms with E-state index in [1.165, 1.54) is 0 Å². The summed E-state index contributed by atoms with van der Waals surface area (Å²) in [5.74, 6) is 0.970. The van der Waals surface area contributed by atoms with Crippen molar-refractivity contribution in [3.05, 3.63) is 144 Å². The molecule has 53 heavy (non-hydrogen) atoms. The highest BCUT2D eigenvalue weighted by Gasteiger charge is 2.25. The van der Waals surface area contributed by atoms with Gasteiger partial charge < -0.3 is 25.3 Å². The predicted octanol–water partition coefficient (Wildman–Crippen LogP) is 5.72. The molecular weight excluding hydrogens is 713 g/mol. The van der Waals surface area contributed by atoms with Gasteiger partial charge in [-0.1, -0.05) is 78.9 Å². The van der Waals surface area contributed by atoms with Crippen LogP contribution in [0.2, 0.25) is 0 Å². The number of hydrogen-bond donors (Lipinski definition) is 2. The van der Waals surface area contributed by atoms with Crippen molar-refractivity contribution >= 4 is 25.6 Å². The maximum atomic E-state index is 12.9. The van der Waals surface area contributed by atoms with Crippen molar-refractivity contribution in [2.24, 2.45) is 5.73 Å². The molecule has 0 bridgehead atoms. The maximum absolute atomic E-state index is 12.9. The van der Waals surface area contributed by atoms with Crippen LogP contribution in [0.1, 0.15) is 29.5 Å². The Morgan fingerprint density at radius 1 is 0.642 bits per heavy atom. The number of hydrogen-bond acceptors (Lipinski definition) is 9. The van der Waals surface area contributed by atoms with Crippen LogP contribution in [0.3, 0.4) is 0 Å². The van der Waals surface area contributed by atoms with E-state index in [-0.39, 0.29) is 44.3 Å². The first-order valence-electron chi connectivity index (χ1n) is 17.4. The van der Waals surface area contributed by atoms with Crippen LogP contribution in [0.5, 0.6) is 11.5 Å². The predicted molar refractivity (Wildman–Crippen MR) is 200 cm³/mol. The average Bonchev–Trinajstić information content (AvgIpc) is 3.20. The lowest BCUT2D eigenvalue weighted by molar-refractivity contribution is -0.126. The number of ether oxygens (including phenoxy) is 3. The molecule has 0 spiro atoms. The smallest absolute Gasteiger partial charge is 0.246 e. The third-order valence-corrected chi connectivity index (χ3v) is 12.5. The number of sulfone groups is 2. The average molecular weight is 755 g/mol. The molecule has 5 aromatic rings. The van der Waals surface area contributed by atoms with E-state index in [0.29, 0.717) is 31.2 Å². The summed E-state index contributed by atoms with van der Waals surface area (Å²) in [6.07, 6.45) is 2.97. The summed E-state index contributed by atoms with van der Waals surface area (Å²) in [6.45, 7) is 1.12. The van der Waals surface area contributed by atoms with Crippen LogP contribution < -0.4 is 20.5 Å². The van der Waals surface area contributed by atoms with Gasteiger partial charge in [0.25, 0.3) is 0 Å². The minimum atomic E-state index is -3.62. The number of carbonyl (C=O) groups excluding carboxylic acids is 1. The van der Waals surface area contributed by atoms with Gasteiger partial charge >= 0.3 is 0 Å². The van der Waals surface area contributed by atoms with Gasteiger partial charge in [0.05, 0.1) is 32.7 Å². The first kappa shape index (κ1) is 37.7. The second-order valence-electron chi connectivity index (χ2n) is 12.7. The topological polar surface area (TPSA) is 151 Å². The Balaban J connectivity index is 0.000000198. The Labute approximate surface area is 310 Å². The van der Waals surface area contributed by atoms with E-state index >= 15 is 0 Å². The molecule has 1 amide bonds. The van der Waals surface area contributed by atoms with E-state index in [1.807, 2.05) is 36.4 Å². The molecule has 2 aliphatic heterocycles. The quantitative estimate of drug-likeness (QED) is 0.173. The minimum absolute atomic E-state index is 0.0301. The largest absolute Gasteiger partial charge is 0.489 e. The van der Waals surface area contributed by atoms with E-state index in [9.17, 15) is 21.6 Å². The molecule has 0 aliphatic carbocycles. The van der Waals surface area contributed by atoms with Gasteiger partial charge in [0, 0.05) is 6.54 Å². The highest BCUT2D eigenvalue weighted by atomic mass is 32.2. The Morgan fingerprint density at radius 2 is 1.11 bits per heavy atom. The molecule has 10 nitrogen and oxygen atoms in total. The second-order valence-corrected chi connectivity index (χ2v) is 16.6. The van der Waals surface area contributed by atoms with Crippen molar-refractivity contribution in [2.75, 3.05) is 19.7 Å². The van der Waals surface area contributed by atoms with Crippen molar-refractivity contribution in [1.82, 2.24) is 5.32 Å². The zero-order valence-corrected chi connectivity index (χ0v) is 30.7. The highest BCUT2D eigenvalue weighted by Crippen LogP contribution is 2.33. The number of rotatable bonds is 11. The molecule has 2 atom stereocenters. The molecule has 0 radical (unpaired) electrons. The van der Waals surface area contributed by atoms with Gasteiger partial charge in [-0.25, -0.2) is 16.8 Å². The summed E-state index contributed by atoms with van der Waals surface area (Å²) in [5.41, 5.74) is 8.64. The SMILES string of the molecule is NC[C@H]1CCc2ccc(S(=O)(=O)c3ccccc3)cc2O1.O=C(COCc1ccccc1)NCC1CCc2ccc(S(=O)(=O)c3ccccc3)cc2O1. The molecular formula is C41H42N2O8S2. The van der Waals surface area contributed by atoms with Crippen LogP contribution in [0.25, 0.3) is 0 Å². The highest BCUT2D eigenvalue weighted by molar-refractivity contribution is 7.91. The molecule has 12 heteroatoms. The zero-order chi connectivity index (χ0) is 37.3. The van der Waals surface area contributed by atoms with E-state index < -0.39 is 19.7 Å². The number of nitrogens with two attached hydrogens (primary N) is 1. The number of amides is 1. The monoisotopic (exact) mass is 754 g/mol. The first-order chi connectivity index (χ1) is 25.6. The lowest BCUT2D eigenvalue weighted by Crippen LogP contribution is -2.38. The van der Waals surface area contributed by atoms with Gasteiger partial charge in [0.2, 0.25) is 25.6 Å². The molecule has 7 rings (SSSR count). The summed E-state index contributed by atoms with van der Waals surface area (Å²) >= 11 is 0. The van der Waals surface area contributed by atoms with E-state index in [4.69, 9.17) is 19.9 Å². The Kier molecular flexibility index (Phi) is 12.3. The minimum Gasteiger partial charge on any atom is -0.489 e. The lowest BCUT2D eigenvalue weighted by Gasteiger charge is -2.26. The van der Waals surface area contributed by atoms with Gasteiger partial charge in [-0.2, -0.15) is 0 Å². The fourth-order valence-corrected chi connectivity index (χ4v) is 8.64. The van der Waals surface area contributed by atoms with Crippen LogP contribution in [-0.4, -0.2) is 54.6 Å². The lowest BCUT2D eigenvalue weighted by atomic mass is 10.0. The van der Waals surface area contributed by atoms with Crippen LogP contribution in [0.4, 0.5) is 0 Å². The fourth-order valence-electron chi connectivity index (χ4n) is 6.04. The van der Waals surface area contributed by atoms with Gasteiger partial charge in [0.1, 0.15) is 30.3 Å². The van der Waals surface area contributed by atoms with Crippen molar-refractivity contribution < 1.29 is 35.8 Å². The Morgan fingerprint density at radius 3 is 1.62 bits per heavy atom. The van der Waals surface area contributed by atoms with Crippen molar-refractivity contribution in [1.29, 1.82) is 0 Å². The third-order valence-electron chi connectivity index (χ3n) is 9.00. The third kappa shape index (κ3) is 9.51. The molecule has 0 saturated carbocycles. The number of nitrogens with one attached hydrogen (secondary N) is 1. The molecule has 3 N–H and O–H groups in total. The van der Waals surface area contributed by atoms with Gasteiger partial charge in [0.15, 0.2) is 0 Å². The van der Waals surface area contributed by atoms with Gasteiger partial charge in [-0.15, -0.1) is 0 Å². The number of benzene rings is 5. The fraction of sp³-hybridized carbons (Fsp3) is 0.244. The zero-order valence-electron chi connectivity index (χ0n) is 29.1. The molecule has 0 fully saturated rings. The maximum Gasteiger partial charge on any atom is 0.246 e. The Hall–Kier alpha value is -5.01. The summed E-state index contributed by atoms with van der Waals surface area (Å²) in [7, 11) is -7.12. The number of aryl methyl sites for hydroxylation is 2. The summed E-state index contributed by atoms with van der Waals surface area (Å²) in [6, 6.07) is 36.5. The Bertz CT molecular complexity index is 2220. The van der Waals surface area contributed by atoms with Crippen LogP contribution in [0.15, 0.2) is 147 Å². The van der Waals surface area contributed by atoms with E-state index in [1.54, 1.807) is 91.0 Å². The summed E-state index contributed by atoms with van der Waals surface area (Å²) < 4.78 is 68.2. The normalized spacial score (nSPS) is 16.4.